The Morgan fingerprint density at radius 1 is 1.19 bits per heavy atom. The van der Waals surface area contributed by atoms with Crippen molar-refractivity contribution in [1.82, 2.24) is 0 Å². The molecule has 0 radical (unpaired) electrons. The first-order chi connectivity index (χ1) is 9.97. The van der Waals surface area contributed by atoms with Crippen LogP contribution in [0.3, 0.4) is 0 Å². The van der Waals surface area contributed by atoms with E-state index in [4.69, 9.17) is 5.73 Å². The molecule has 0 heterocycles. The third kappa shape index (κ3) is 3.72. The van der Waals surface area contributed by atoms with Gasteiger partial charge in [-0.05, 0) is 43.7 Å². The number of nitrogens with two attached hydrogens (primary N) is 1. The van der Waals surface area contributed by atoms with Gasteiger partial charge in [-0.1, -0.05) is 18.2 Å². The van der Waals surface area contributed by atoms with Gasteiger partial charge in [0.25, 0.3) is 0 Å². The molecule has 2 rings (SSSR count). The van der Waals surface area contributed by atoms with Crippen molar-refractivity contribution >= 4 is 17.4 Å². The first-order valence-corrected chi connectivity index (χ1v) is 6.65. The molecule has 0 aliphatic heterocycles. The number of carbonyl (C=O) groups is 1. The summed E-state index contributed by atoms with van der Waals surface area (Å²) in [4.78, 5) is 10.8. The summed E-state index contributed by atoms with van der Waals surface area (Å²) in [5.41, 5.74) is 8.08. The molecule has 21 heavy (non-hydrogen) atoms. The van der Waals surface area contributed by atoms with Gasteiger partial charge in [-0.2, -0.15) is 0 Å². The van der Waals surface area contributed by atoms with E-state index in [0.29, 0.717) is 11.3 Å². The Hall–Kier alpha value is -2.56. The van der Waals surface area contributed by atoms with Gasteiger partial charge in [0.15, 0.2) is 0 Å². The van der Waals surface area contributed by atoms with E-state index in [1.165, 1.54) is 6.07 Å². The molecule has 1 atom stereocenters. The number of rotatable bonds is 4. The van der Waals surface area contributed by atoms with E-state index in [-0.39, 0.29) is 11.9 Å². The highest BCUT2D eigenvalue weighted by molar-refractivity contribution is 5.87. The maximum atomic E-state index is 13.5. The van der Waals surface area contributed by atoms with E-state index in [9.17, 15) is 9.18 Å². The molecule has 0 saturated heterocycles. The highest BCUT2D eigenvalue weighted by Gasteiger charge is 2.09. The fraction of sp³-hybridized carbons (Fsp3) is 0.188. The Bertz CT molecular complexity index is 640. The molecule has 2 amide bonds. The Balaban J connectivity index is 2.11. The fourth-order valence-corrected chi connectivity index (χ4v) is 2.08. The zero-order valence-corrected chi connectivity index (χ0v) is 12.0. The van der Waals surface area contributed by atoms with Crippen LogP contribution in [0.15, 0.2) is 42.5 Å². The molecule has 0 bridgehead atoms. The second kappa shape index (κ2) is 6.26. The van der Waals surface area contributed by atoms with Crippen LogP contribution in [0.25, 0.3) is 0 Å². The predicted molar refractivity (Wildman–Crippen MR) is 82.8 cm³/mol. The second-order valence-electron chi connectivity index (χ2n) is 4.89. The zero-order valence-electron chi connectivity index (χ0n) is 12.0. The average molecular weight is 287 g/mol. The molecular formula is C16H18FN3O. The first-order valence-electron chi connectivity index (χ1n) is 6.65. The normalized spacial score (nSPS) is 11.8. The molecule has 2 aromatic carbocycles. The number of nitrogens with one attached hydrogen (secondary N) is 2. The molecular weight excluding hydrogens is 269 g/mol. The van der Waals surface area contributed by atoms with E-state index in [0.717, 1.165) is 11.3 Å². The minimum absolute atomic E-state index is 0.00753. The summed E-state index contributed by atoms with van der Waals surface area (Å²) in [6.07, 6.45) is 0. The minimum Gasteiger partial charge on any atom is -0.378 e. The van der Waals surface area contributed by atoms with Gasteiger partial charge in [0.05, 0.1) is 0 Å². The Labute approximate surface area is 123 Å². The number of halogens is 1. The SMILES string of the molecule is Cc1c(F)cccc1NC(C)c1ccc(NC(N)=O)cc1. The third-order valence-electron chi connectivity index (χ3n) is 3.32. The molecule has 2 aromatic rings. The average Bonchev–Trinajstić information content (AvgIpc) is 2.44. The van der Waals surface area contributed by atoms with Crippen molar-refractivity contribution in [3.63, 3.8) is 0 Å². The summed E-state index contributed by atoms with van der Waals surface area (Å²) in [6.45, 7) is 3.73. The van der Waals surface area contributed by atoms with Crippen LogP contribution < -0.4 is 16.4 Å². The van der Waals surface area contributed by atoms with Crippen LogP contribution >= 0.6 is 0 Å². The van der Waals surface area contributed by atoms with Crippen LogP contribution in [0.1, 0.15) is 24.1 Å². The van der Waals surface area contributed by atoms with Gasteiger partial charge in [0.2, 0.25) is 0 Å². The van der Waals surface area contributed by atoms with Crippen LogP contribution in [0, 0.1) is 12.7 Å². The van der Waals surface area contributed by atoms with Gasteiger partial charge in [-0.25, -0.2) is 9.18 Å². The fourth-order valence-electron chi connectivity index (χ4n) is 2.08. The minimum atomic E-state index is -0.593. The maximum Gasteiger partial charge on any atom is 0.316 e. The molecule has 5 heteroatoms. The molecule has 0 saturated carbocycles. The Kier molecular flexibility index (Phi) is 4.42. The van der Waals surface area contributed by atoms with Gasteiger partial charge in [0.1, 0.15) is 5.82 Å². The Morgan fingerprint density at radius 3 is 2.48 bits per heavy atom. The lowest BCUT2D eigenvalue weighted by molar-refractivity contribution is 0.259. The maximum absolute atomic E-state index is 13.5. The van der Waals surface area contributed by atoms with Gasteiger partial charge < -0.3 is 16.4 Å². The number of amides is 2. The number of hydrogen-bond donors (Lipinski definition) is 3. The molecule has 4 nitrogen and oxygen atoms in total. The van der Waals surface area contributed by atoms with Crippen molar-refractivity contribution in [2.45, 2.75) is 19.9 Å². The molecule has 0 aromatic heterocycles. The van der Waals surface area contributed by atoms with Crippen LogP contribution in [-0.4, -0.2) is 6.03 Å². The smallest absolute Gasteiger partial charge is 0.316 e. The number of primary amides is 1. The highest BCUT2D eigenvalue weighted by atomic mass is 19.1. The summed E-state index contributed by atoms with van der Waals surface area (Å²) in [6, 6.07) is 11.7. The number of urea groups is 1. The zero-order chi connectivity index (χ0) is 15.4. The van der Waals surface area contributed by atoms with Crippen LogP contribution in [0.5, 0.6) is 0 Å². The monoisotopic (exact) mass is 287 g/mol. The molecule has 4 N–H and O–H groups in total. The molecule has 110 valence electrons. The van der Waals surface area contributed by atoms with Gasteiger partial charge >= 0.3 is 6.03 Å². The van der Waals surface area contributed by atoms with Crippen molar-refractivity contribution in [2.24, 2.45) is 5.73 Å². The van der Waals surface area contributed by atoms with Crippen LogP contribution in [-0.2, 0) is 0 Å². The largest absolute Gasteiger partial charge is 0.378 e. The third-order valence-corrected chi connectivity index (χ3v) is 3.32. The highest BCUT2D eigenvalue weighted by Crippen LogP contribution is 2.24. The van der Waals surface area contributed by atoms with E-state index in [1.54, 1.807) is 25.1 Å². The Morgan fingerprint density at radius 2 is 1.86 bits per heavy atom. The summed E-state index contributed by atoms with van der Waals surface area (Å²) in [5, 5.41) is 5.78. The van der Waals surface area contributed by atoms with Gasteiger partial charge in [0, 0.05) is 23.0 Å². The molecule has 0 fully saturated rings. The molecule has 1 unspecified atom stereocenters. The van der Waals surface area contributed by atoms with E-state index < -0.39 is 6.03 Å². The lowest BCUT2D eigenvalue weighted by atomic mass is 10.1. The van der Waals surface area contributed by atoms with Crippen molar-refractivity contribution in [3.05, 3.63) is 59.4 Å². The van der Waals surface area contributed by atoms with Crippen LogP contribution in [0.2, 0.25) is 0 Å². The quantitative estimate of drug-likeness (QED) is 0.800. The number of carbonyl (C=O) groups excluding carboxylic acids is 1. The lowest BCUT2D eigenvalue weighted by Crippen LogP contribution is -2.19. The molecule has 0 spiro atoms. The topological polar surface area (TPSA) is 67.2 Å². The first kappa shape index (κ1) is 14.8. The number of benzene rings is 2. The van der Waals surface area contributed by atoms with Crippen molar-refractivity contribution in [2.75, 3.05) is 10.6 Å². The molecule has 0 aliphatic carbocycles. The standard InChI is InChI=1S/C16H18FN3O/c1-10-14(17)4-3-5-15(10)19-11(2)12-6-8-13(9-7-12)20-16(18)21/h3-9,11,19H,1-2H3,(H3,18,20,21). The van der Waals surface area contributed by atoms with E-state index in [1.807, 2.05) is 25.1 Å². The van der Waals surface area contributed by atoms with Crippen molar-refractivity contribution < 1.29 is 9.18 Å². The number of hydrogen-bond acceptors (Lipinski definition) is 2. The molecule has 0 aliphatic rings. The summed E-state index contributed by atoms with van der Waals surface area (Å²) in [7, 11) is 0. The van der Waals surface area contributed by atoms with E-state index >= 15 is 0 Å². The summed E-state index contributed by atoms with van der Waals surface area (Å²) >= 11 is 0. The summed E-state index contributed by atoms with van der Waals surface area (Å²) < 4.78 is 13.5. The van der Waals surface area contributed by atoms with Crippen LogP contribution in [0.4, 0.5) is 20.6 Å². The van der Waals surface area contributed by atoms with Gasteiger partial charge in [-0.15, -0.1) is 0 Å². The second-order valence-corrected chi connectivity index (χ2v) is 4.89. The number of anilines is 2. The van der Waals surface area contributed by atoms with Crippen molar-refractivity contribution in [3.8, 4) is 0 Å². The van der Waals surface area contributed by atoms with E-state index in [2.05, 4.69) is 10.6 Å². The van der Waals surface area contributed by atoms with Crippen molar-refractivity contribution in [1.29, 1.82) is 0 Å². The lowest BCUT2D eigenvalue weighted by Gasteiger charge is -2.18. The van der Waals surface area contributed by atoms with Gasteiger partial charge in [-0.3, -0.25) is 0 Å². The predicted octanol–water partition coefficient (Wildman–Crippen LogP) is 3.80. The summed E-state index contributed by atoms with van der Waals surface area (Å²) in [5.74, 6) is -0.229.